The molecule has 0 bridgehead atoms. The van der Waals surface area contributed by atoms with Crippen molar-refractivity contribution in [3.05, 3.63) is 11.6 Å². The van der Waals surface area contributed by atoms with Crippen molar-refractivity contribution in [2.75, 3.05) is 31.2 Å². The Morgan fingerprint density at radius 3 is 3.11 bits per heavy atom. The SMILES string of the molecule is CCCNCCC=C(C)C1CCOC2(CCSC2)C1. The molecule has 1 N–H and O–H groups in total. The van der Waals surface area contributed by atoms with Crippen LogP contribution in [0.5, 0.6) is 0 Å². The summed E-state index contributed by atoms with van der Waals surface area (Å²) in [5.41, 5.74) is 1.82. The lowest BCUT2D eigenvalue weighted by atomic mass is 9.81. The smallest absolute Gasteiger partial charge is 0.0786 e. The van der Waals surface area contributed by atoms with Gasteiger partial charge in [-0.3, -0.25) is 0 Å². The van der Waals surface area contributed by atoms with Crippen molar-refractivity contribution in [3.63, 3.8) is 0 Å². The molecule has 0 radical (unpaired) electrons. The highest BCUT2D eigenvalue weighted by atomic mass is 32.2. The molecule has 0 amide bonds. The second-order valence-electron chi connectivity index (χ2n) is 6.01. The van der Waals surface area contributed by atoms with Gasteiger partial charge < -0.3 is 10.1 Å². The summed E-state index contributed by atoms with van der Waals surface area (Å²) in [5, 5.41) is 3.47. The molecule has 0 aromatic heterocycles. The van der Waals surface area contributed by atoms with Crippen molar-refractivity contribution >= 4 is 11.8 Å². The van der Waals surface area contributed by atoms with Crippen LogP contribution in [0.1, 0.15) is 46.0 Å². The first-order valence-corrected chi connectivity index (χ1v) is 9.00. The number of hydrogen-bond acceptors (Lipinski definition) is 3. The first-order valence-electron chi connectivity index (χ1n) is 7.85. The van der Waals surface area contributed by atoms with E-state index in [9.17, 15) is 0 Å². The van der Waals surface area contributed by atoms with Gasteiger partial charge in [-0.05, 0) is 63.8 Å². The third-order valence-corrected chi connectivity index (χ3v) is 5.64. The molecule has 2 saturated heterocycles. The molecular weight excluding hydrogens is 254 g/mol. The molecule has 110 valence electrons. The lowest BCUT2D eigenvalue weighted by Crippen LogP contribution is -2.40. The Labute approximate surface area is 122 Å². The molecule has 19 heavy (non-hydrogen) atoms. The number of allylic oxidation sites excluding steroid dienone is 1. The number of ether oxygens (including phenoxy) is 1. The van der Waals surface area contributed by atoms with E-state index < -0.39 is 0 Å². The van der Waals surface area contributed by atoms with E-state index >= 15 is 0 Å². The Hall–Kier alpha value is 0.01000. The molecule has 3 heteroatoms. The highest BCUT2D eigenvalue weighted by Gasteiger charge is 2.40. The lowest BCUT2D eigenvalue weighted by molar-refractivity contribution is -0.0734. The maximum absolute atomic E-state index is 6.10. The highest BCUT2D eigenvalue weighted by molar-refractivity contribution is 7.99. The molecule has 0 aromatic rings. The largest absolute Gasteiger partial charge is 0.374 e. The molecule has 2 atom stereocenters. The van der Waals surface area contributed by atoms with Crippen molar-refractivity contribution in [1.29, 1.82) is 0 Å². The van der Waals surface area contributed by atoms with Gasteiger partial charge in [0.15, 0.2) is 0 Å². The van der Waals surface area contributed by atoms with E-state index in [0.29, 0.717) is 0 Å². The van der Waals surface area contributed by atoms with Crippen LogP contribution in [0.3, 0.4) is 0 Å². The average molecular weight is 283 g/mol. The minimum Gasteiger partial charge on any atom is -0.374 e. The first kappa shape index (κ1) is 15.4. The molecular formula is C16H29NOS. The summed E-state index contributed by atoms with van der Waals surface area (Å²) in [6.45, 7) is 7.77. The van der Waals surface area contributed by atoms with Gasteiger partial charge in [-0.25, -0.2) is 0 Å². The Morgan fingerprint density at radius 1 is 1.47 bits per heavy atom. The van der Waals surface area contributed by atoms with E-state index in [1.54, 1.807) is 5.57 Å². The molecule has 0 aromatic carbocycles. The first-order chi connectivity index (χ1) is 9.26. The van der Waals surface area contributed by atoms with E-state index in [-0.39, 0.29) is 5.60 Å². The Balaban J connectivity index is 1.78. The van der Waals surface area contributed by atoms with Gasteiger partial charge in [0, 0.05) is 12.4 Å². The topological polar surface area (TPSA) is 21.3 Å². The molecule has 2 aliphatic heterocycles. The molecule has 2 heterocycles. The van der Waals surface area contributed by atoms with Gasteiger partial charge in [-0.15, -0.1) is 0 Å². The second-order valence-corrected chi connectivity index (χ2v) is 7.12. The Morgan fingerprint density at radius 2 is 2.37 bits per heavy atom. The molecule has 2 unspecified atom stereocenters. The quantitative estimate of drug-likeness (QED) is 0.594. The summed E-state index contributed by atoms with van der Waals surface area (Å²) in [5.74, 6) is 3.27. The van der Waals surface area contributed by atoms with Crippen LogP contribution in [0.25, 0.3) is 0 Å². The van der Waals surface area contributed by atoms with E-state index in [1.807, 2.05) is 0 Å². The molecule has 2 rings (SSSR count). The van der Waals surface area contributed by atoms with Gasteiger partial charge in [-0.2, -0.15) is 11.8 Å². The fourth-order valence-electron chi connectivity index (χ4n) is 3.15. The molecule has 1 spiro atoms. The van der Waals surface area contributed by atoms with Crippen LogP contribution in [0.4, 0.5) is 0 Å². The fraction of sp³-hybridized carbons (Fsp3) is 0.875. The monoisotopic (exact) mass is 283 g/mol. The number of hydrogen-bond donors (Lipinski definition) is 1. The third-order valence-electron chi connectivity index (χ3n) is 4.42. The van der Waals surface area contributed by atoms with Crippen LogP contribution in [0.2, 0.25) is 0 Å². The molecule has 0 aliphatic carbocycles. The Bertz CT molecular complexity index is 297. The third kappa shape index (κ3) is 4.51. The minimum atomic E-state index is 0.225. The fourth-order valence-corrected chi connectivity index (χ4v) is 4.53. The van der Waals surface area contributed by atoms with Crippen LogP contribution in [-0.4, -0.2) is 36.8 Å². The van der Waals surface area contributed by atoms with E-state index in [0.717, 1.165) is 25.6 Å². The van der Waals surface area contributed by atoms with Gasteiger partial charge in [-0.1, -0.05) is 18.6 Å². The van der Waals surface area contributed by atoms with Crippen LogP contribution in [0.15, 0.2) is 11.6 Å². The summed E-state index contributed by atoms with van der Waals surface area (Å²) < 4.78 is 6.10. The van der Waals surface area contributed by atoms with Gasteiger partial charge in [0.05, 0.1) is 5.60 Å². The van der Waals surface area contributed by atoms with Crippen molar-refractivity contribution in [1.82, 2.24) is 5.32 Å². The minimum absolute atomic E-state index is 0.225. The summed E-state index contributed by atoms with van der Waals surface area (Å²) in [4.78, 5) is 0. The van der Waals surface area contributed by atoms with Gasteiger partial charge in [0.2, 0.25) is 0 Å². The lowest BCUT2D eigenvalue weighted by Gasteiger charge is -2.38. The van der Waals surface area contributed by atoms with Gasteiger partial charge in [0.25, 0.3) is 0 Å². The zero-order valence-electron chi connectivity index (χ0n) is 12.5. The molecule has 0 saturated carbocycles. The van der Waals surface area contributed by atoms with E-state index in [2.05, 4.69) is 37.0 Å². The van der Waals surface area contributed by atoms with Crippen molar-refractivity contribution < 1.29 is 4.74 Å². The van der Waals surface area contributed by atoms with Crippen LogP contribution in [0, 0.1) is 5.92 Å². The van der Waals surface area contributed by atoms with E-state index in [4.69, 9.17) is 4.74 Å². The van der Waals surface area contributed by atoms with Crippen molar-refractivity contribution in [3.8, 4) is 0 Å². The molecule has 2 fully saturated rings. The average Bonchev–Trinajstić information content (AvgIpc) is 2.86. The predicted octanol–water partition coefficient (Wildman–Crippen LogP) is 3.62. The number of rotatable bonds is 6. The molecule has 2 nitrogen and oxygen atoms in total. The number of thioether (sulfide) groups is 1. The summed E-state index contributed by atoms with van der Waals surface area (Å²) in [6.07, 6.45) is 8.59. The maximum Gasteiger partial charge on any atom is 0.0786 e. The Kier molecular flexibility index (Phi) is 6.24. The summed E-state index contributed by atoms with van der Waals surface area (Å²) in [6, 6.07) is 0. The molecule has 2 aliphatic rings. The van der Waals surface area contributed by atoms with Crippen LogP contribution in [-0.2, 0) is 4.74 Å². The maximum atomic E-state index is 6.10. The van der Waals surface area contributed by atoms with Crippen molar-refractivity contribution in [2.45, 2.75) is 51.6 Å². The summed E-state index contributed by atoms with van der Waals surface area (Å²) in [7, 11) is 0. The van der Waals surface area contributed by atoms with Crippen LogP contribution < -0.4 is 5.32 Å². The van der Waals surface area contributed by atoms with Gasteiger partial charge in [0.1, 0.15) is 0 Å². The van der Waals surface area contributed by atoms with Crippen molar-refractivity contribution in [2.24, 2.45) is 5.92 Å². The van der Waals surface area contributed by atoms with E-state index in [1.165, 1.54) is 43.6 Å². The van der Waals surface area contributed by atoms with Gasteiger partial charge >= 0.3 is 0 Å². The predicted molar refractivity (Wildman–Crippen MR) is 84.9 cm³/mol. The zero-order valence-corrected chi connectivity index (χ0v) is 13.4. The highest BCUT2D eigenvalue weighted by Crippen LogP contribution is 2.42. The summed E-state index contributed by atoms with van der Waals surface area (Å²) >= 11 is 2.07. The zero-order chi connectivity index (χ0) is 13.6. The standard InChI is InChI=1S/C16H29NOS/c1-3-8-17-9-4-5-14(2)15-6-10-18-16(12-15)7-11-19-13-16/h5,15,17H,3-4,6-13H2,1-2H3. The number of nitrogens with one attached hydrogen (secondary N) is 1. The second kappa shape index (κ2) is 7.70. The normalized spacial score (nSPS) is 32.1. The van der Waals surface area contributed by atoms with Crippen LogP contribution >= 0.6 is 11.8 Å².